The zero-order valence-corrected chi connectivity index (χ0v) is 22.4. The second-order valence-electron chi connectivity index (χ2n) is 8.58. The summed E-state index contributed by atoms with van der Waals surface area (Å²) in [4.78, 5) is 16.7. The van der Waals surface area contributed by atoms with Crippen molar-refractivity contribution >= 4 is 39.8 Å². The minimum Gasteiger partial charge on any atom is -0.490 e. The summed E-state index contributed by atoms with van der Waals surface area (Å²) in [6, 6.07) is 13.6. The molecule has 194 valence electrons. The summed E-state index contributed by atoms with van der Waals surface area (Å²) in [5.74, 6) is 2.03. The average molecular weight is 521 g/mol. The molecule has 2 aromatic rings. The van der Waals surface area contributed by atoms with Crippen molar-refractivity contribution in [2.24, 2.45) is 10.1 Å². The Labute approximate surface area is 221 Å². The molecule has 2 heterocycles. The van der Waals surface area contributed by atoms with E-state index in [4.69, 9.17) is 19.6 Å². The minimum atomic E-state index is -0.455. The van der Waals surface area contributed by atoms with Gasteiger partial charge >= 0.3 is 0 Å². The number of ether oxygens (including phenoxy) is 3. The van der Waals surface area contributed by atoms with E-state index in [1.807, 2.05) is 32.0 Å². The number of hydrogen-bond acceptors (Lipinski definition) is 7. The Kier molecular flexibility index (Phi) is 8.66. The van der Waals surface area contributed by atoms with Crippen LogP contribution in [0.3, 0.4) is 0 Å². The van der Waals surface area contributed by atoms with Gasteiger partial charge in [0, 0.05) is 0 Å². The fraction of sp³-hybridized carbons (Fsp3) is 0.357. The van der Waals surface area contributed by atoms with Gasteiger partial charge in [0.1, 0.15) is 24.0 Å². The lowest BCUT2D eigenvalue weighted by molar-refractivity contribution is -0.114. The number of benzene rings is 2. The molecule has 37 heavy (non-hydrogen) atoms. The summed E-state index contributed by atoms with van der Waals surface area (Å²) in [5, 5.41) is 15.5. The number of hydrazone groups is 1. The molecule has 1 N–H and O–H groups in total. The van der Waals surface area contributed by atoms with Crippen molar-refractivity contribution in [1.29, 1.82) is 5.41 Å². The topological polar surface area (TPSA) is 96.6 Å². The Hall–Kier alpha value is -3.59. The molecular formula is C28H32N4O4S. The van der Waals surface area contributed by atoms with Gasteiger partial charge in [-0.15, -0.1) is 0 Å². The predicted molar refractivity (Wildman–Crippen MR) is 149 cm³/mol. The van der Waals surface area contributed by atoms with Crippen LogP contribution < -0.4 is 14.2 Å². The first-order valence-corrected chi connectivity index (χ1v) is 13.4. The molecule has 0 saturated heterocycles. The molecule has 1 amide bonds. The van der Waals surface area contributed by atoms with Gasteiger partial charge in [0.25, 0.3) is 5.91 Å². The summed E-state index contributed by atoms with van der Waals surface area (Å²) in [7, 11) is 0. The second kappa shape index (κ2) is 12.1. The van der Waals surface area contributed by atoms with Gasteiger partial charge in [-0.3, -0.25) is 10.2 Å². The van der Waals surface area contributed by atoms with Crippen LogP contribution in [-0.4, -0.2) is 46.8 Å². The Morgan fingerprint density at radius 2 is 1.78 bits per heavy atom. The zero-order chi connectivity index (χ0) is 26.4. The number of thioether (sulfide) groups is 1. The number of fused-ring (bicyclic) bond motifs is 1. The molecule has 2 aromatic carbocycles. The van der Waals surface area contributed by atoms with Gasteiger partial charge in [0.2, 0.25) is 5.17 Å². The molecule has 0 unspecified atom stereocenters. The fourth-order valence-electron chi connectivity index (χ4n) is 3.78. The highest BCUT2D eigenvalue weighted by molar-refractivity contribution is 8.26. The molecule has 4 rings (SSSR count). The lowest BCUT2D eigenvalue weighted by Crippen LogP contribution is -2.35. The molecule has 2 aliphatic heterocycles. The molecule has 0 spiro atoms. The van der Waals surface area contributed by atoms with Crippen LogP contribution >= 0.6 is 11.8 Å². The standard InChI is InChI=1S/C28H32N4O4S/c1-5-18(4)20-9-11-21(12-10-20)35-14-15-36-23-13-8-19(17-24(23)34-7-3)16-22-26(29)32-28(30-27(22)33)37-25(6-2)31-32/h8-13,16-18,29H,5-7,14-15H2,1-4H3/b22-16+,29-26?/t18-/m0/s1. The summed E-state index contributed by atoms with van der Waals surface area (Å²) in [6.07, 6.45) is 3.45. The van der Waals surface area contributed by atoms with Crippen molar-refractivity contribution in [2.45, 2.75) is 46.5 Å². The summed E-state index contributed by atoms with van der Waals surface area (Å²) in [6.45, 7) is 9.46. The Morgan fingerprint density at radius 3 is 2.49 bits per heavy atom. The number of aliphatic imine (C=N–C) groups is 1. The maximum Gasteiger partial charge on any atom is 0.283 e. The lowest BCUT2D eigenvalue weighted by atomic mass is 9.99. The van der Waals surface area contributed by atoms with E-state index < -0.39 is 5.91 Å². The Morgan fingerprint density at radius 1 is 1.03 bits per heavy atom. The first kappa shape index (κ1) is 26.5. The second-order valence-corrected chi connectivity index (χ2v) is 9.62. The number of rotatable bonds is 11. The van der Waals surface area contributed by atoms with Gasteiger partial charge < -0.3 is 14.2 Å². The van der Waals surface area contributed by atoms with E-state index in [1.54, 1.807) is 18.2 Å². The van der Waals surface area contributed by atoms with Crippen LogP contribution in [0.5, 0.6) is 17.2 Å². The maximum absolute atomic E-state index is 12.6. The van der Waals surface area contributed by atoms with Crippen molar-refractivity contribution in [3.05, 3.63) is 59.2 Å². The van der Waals surface area contributed by atoms with Crippen LogP contribution in [0.1, 0.15) is 57.6 Å². The van der Waals surface area contributed by atoms with E-state index in [0.29, 0.717) is 48.0 Å². The van der Waals surface area contributed by atoms with Gasteiger partial charge in [-0.05, 0) is 78.9 Å². The number of amides is 1. The van der Waals surface area contributed by atoms with Crippen molar-refractivity contribution in [3.63, 3.8) is 0 Å². The quantitative estimate of drug-likeness (QED) is 0.285. The number of nitrogens with zero attached hydrogens (tertiary/aromatic N) is 3. The van der Waals surface area contributed by atoms with Crippen molar-refractivity contribution in [2.75, 3.05) is 19.8 Å². The maximum atomic E-state index is 12.6. The van der Waals surface area contributed by atoms with E-state index in [-0.39, 0.29) is 11.4 Å². The largest absolute Gasteiger partial charge is 0.490 e. The highest BCUT2D eigenvalue weighted by Gasteiger charge is 2.35. The third-order valence-corrected chi connectivity index (χ3v) is 7.10. The molecule has 0 bridgehead atoms. The normalized spacial score (nSPS) is 16.9. The van der Waals surface area contributed by atoms with E-state index in [2.05, 4.69) is 36.1 Å². The minimum absolute atomic E-state index is 0.0126. The van der Waals surface area contributed by atoms with Crippen molar-refractivity contribution in [3.8, 4) is 17.2 Å². The van der Waals surface area contributed by atoms with Gasteiger partial charge in [-0.2, -0.15) is 15.1 Å². The monoisotopic (exact) mass is 520 g/mol. The van der Waals surface area contributed by atoms with E-state index in [9.17, 15) is 4.79 Å². The lowest BCUT2D eigenvalue weighted by Gasteiger charge is -2.20. The molecule has 2 aliphatic rings. The molecule has 0 aromatic heterocycles. The van der Waals surface area contributed by atoms with Gasteiger partial charge in [-0.1, -0.05) is 39.0 Å². The summed E-state index contributed by atoms with van der Waals surface area (Å²) in [5.41, 5.74) is 2.18. The smallest absolute Gasteiger partial charge is 0.283 e. The molecule has 0 saturated carbocycles. The summed E-state index contributed by atoms with van der Waals surface area (Å²) >= 11 is 1.32. The zero-order valence-electron chi connectivity index (χ0n) is 21.6. The summed E-state index contributed by atoms with van der Waals surface area (Å²) < 4.78 is 17.5. The average Bonchev–Trinajstić information content (AvgIpc) is 3.33. The third-order valence-electron chi connectivity index (χ3n) is 6.05. The molecular weight excluding hydrogens is 488 g/mol. The first-order valence-electron chi connectivity index (χ1n) is 12.5. The highest BCUT2D eigenvalue weighted by Crippen LogP contribution is 2.32. The van der Waals surface area contributed by atoms with Crippen LogP contribution in [-0.2, 0) is 4.79 Å². The first-order chi connectivity index (χ1) is 17.9. The number of carbonyl (C=O) groups is 1. The highest BCUT2D eigenvalue weighted by atomic mass is 32.2. The van der Waals surface area contributed by atoms with Crippen LogP contribution in [0.2, 0.25) is 0 Å². The fourth-order valence-corrected chi connectivity index (χ4v) is 4.61. The van der Waals surface area contributed by atoms with Crippen molar-refractivity contribution in [1.82, 2.24) is 5.01 Å². The van der Waals surface area contributed by atoms with E-state index >= 15 is 0 Å². The van der Waals surface area contributed by atoms with Gasteiger partial charge in [0.05, 0.1) is 12.2 Å². The number of nitrogens with one attached hydrogen (secondary N) is 1. The Bertz CT molecular complexity index is 1250. The molecule has 0 fully saturated rings. The van der Waals surface area contributed by atoms with Crippen LogP contribution in [0.4, 0.5) is 0 Å². The molecule has 1 atom stereocenters. The van der Waals surface area contributed by atoms with Crippen molar-refractivity contribution < 1.29 is 19.0 Å². The number of hydrogen-bond donors (Lipinski definition) is 1. The SMILES string of the molecule is CCOc1cc(/C=C2\C(=N)N3N=C(CC)SC3=NC2=O)ccc1OCCOc1ccc([C@@H](C)CC)cc1. The van der Waals surface area contributed by atoms with Crippen LogP contribution in [0.15, 0.2) is 58.1 Å². The third kappa shape index (κ3) is 6.22. The molecule has 8 nitrogen and oxygen atoms in total. The number of carbonyl (C=O) groups excluding carboxylic acids is 1. The van der Waals surface area contributed by atoms with E-state index in [1.165, 1.54) is 22.3 Å². The molecule has 9 heteroatoms. The molecule has 0 radical (unpaired) electrons. The predicted octanol–water partition coefficient (Wildman–Crippen LogP) is 6.09. The molecule has 0 aliphatic carbocycles. The van der Waals surface area contributed by atoms with Crippen LogP contribution in [0.25, 0.3) is 6.08 Å². The van der Waals surface area contributed by atoms with Crippen LogP contribution in [0, 0.1) is 5.41 Å². The van der Waals surface area contributed by atoms with Gasteiger partial charge in [0.15, 0.2) is 17.3 Å². The van der Waals surface area contributed by atoms with Gasteiger partial charge in [-0.25, -0.2) is 0 Å². The Balaban J connectivity index is 1.41. The number of amidine groups is 2. The van der Waals surface area contributed by atoms with E-state index in [0.717, 1.165) is 23.6 Å².